The fourth-order valence-corrected chi connectivity index (χ4v) is 3.28. The first-order valence-electron chi connectivity index (χ1n) is 8.27. The molecule has 3 rings (SSSR count). The number of ether oxygens (including phenoxy) is 1. The van der Waals surface area contributed by atoms with Gasteiger partial charge in [0.05, 0.1) is 11.0 Å². The number of aryl methyl sites for hydroxylation is 1. The van der Waals surface area contributed by atoms with Crippen molar-refractivity contribution in [3.8, 4) is 5.75 Å². The smallest absolute Gasteiger partial charge is 0.310 e. The van der Waals surface area contributed by atoms with E-state index in [-0.39, 0.29) is 30.0 Å². The summed E-state index contributed by atoms with van der Waals surface area (Å²) in [5, 5.41) is 11.0. The van der Waals surface area contributed by atoms with Gasteiger partial charge in [-0.3, -0.25) is 14.9 Å². The largest absolute Gasteiger partial charge is 0.477 e. The maximum absolute atomic E-state index is 12.5. The Morgan fingerprint density at radius 3 is 2.76 bits per heavy atom. The summed E-state index contributed by atoms with van der Waals surface area (Å²) in [6, 6.07) is 14.3. The Balaban J connectivity index is 1.69. The van der Waals surface area contributed by atoms with Gasteiger partial charge in [-0.1, -0.05) is 36.4 Å². The standard InChI is InChI=1S/C19H20N2O4/c1-20(16-11-6-8-14-7-2-3-9-15(14)16)19(22)13-25-18-12-5-4-10-17(18)21(23)24/h2-5,7,9-10,12,16H,6,8,11,13H2,1H3. The molecule has 1 amide bonds. The lowest BCUT2D eigenvalue weighted by Crippen LogP contribution is -2.36. The van der Waals surface area contributed by atoms with Gasteiger partial charge in [0.1, 0.15) is 0 Å². The number of likely N-dealkylation sites (N-methyl/N-ethyl adjacent to an activating group) is 1. The molecule has 1 aliphatic rings. The summed E-state index contributed by atoms with van der Waals surface area (Å²) >= 11 is 0. The second-order valence-corrected chi connectivity index (χ2v) is 6.12. The van der Waals surface area contributed by atoms with Crippen LogP contribution in [0.25, 0.3) is 0 Å². The zero-order chi connectivity index (χ0) is 17.8. The van der Waals surface area contributed by atoms with Gasteiger partial charge in [0.2, 0.25) is 0 Å². The average molecular weight is 340 g/mol. The molecule has 0 spiro atoms. The van der Waals surface area contributed by atoms with Crippen molar-refractivity contribution < 1.29 is 14.5 Å². The van der Waals surface area contributed by atoms with Crippen LogP contribution in [0.3, 0.4) is 0 Å². The van der Waals surface area contributed by atoms with Crippen molar-refractivity contribution in [3.63, 3.8) is 0 Å². The molecule has 2 aromatic carbocycles. The Morgan fingerprint density at radius 2 is 1.96 bits per heavy atom. The van der Waals surface area contributed by atoms with E-state index in [0.29, 0.717) is 0 Å². The Bertz CT molecular complexity index is 790. The number of nitro groups is 1. The topological polar surface area (TPSA) is 72.7 Å². The number of benzene rings is 2. The van der Waals surface area contributed by atoms with Crippen LogP contribution in [0.2, 0.25) is 0 Å². The van der Waals surface area contributed by atoms with Gasteiger partial charge in [0, 0.05) is 13.1 Å². The molecule has 1 unspecified atom stereocenters. The molecule has 1 aliphatic carbocycles. The first-order valence-corrected chi connectivity index (χ1v) is 8.27. The van der Waals surface area contributed by atoms with Crippen LogP contribution in [0.4, 0.5) is 5.69 Å². The second-order valence-electron chi connectivity index (χ2n) is 6.12. The number of fused-ring (bicyclic) bond motifs is 1. The quantitative estimate of drug-likeness (QED) is 0.617. The number of hydrogen-bond donors (Lipinski definition) is 0. The number of hydrogen-bond acceptors (Lipinski definition) is 4. The van der Waals surface area contributed by atoms with Crippen LogP contribution in [0, 0.1) is 10.1 Å². The van der Waals surface area contributed by atoms with E-state index < -0.39 is 4.92 Å². The molecule has 25 heavy (non-hydrogen) atoms. The lowest BCUT2D eigenvalue weighted by atomic mass is 9.87. The zero-order valence-corrected chi connectivity index (χ0v) is 14.1. The van der Waals surface area contributed by atoms with Crippen LogP contribution >= 0.6 is 0 Å². The lowest BCUT2D eigenvalue weighted by molar-refractivity contribution is -0.385. The number of nitro benzene ring substituents is 1. The van der Waals surface area contributed by atoms with Gasteiger partial charge in [0.25, 0.3) is 5.91 Å². The number of amides is 1. The molecule has 0 fully saturated rings. The van der Waals surface area contributed by atoms with Crippen molar-refractivity contribution in [1.82, 2.24) is 4.90 Å². The highest BCUT2D eigenvalue weighted by Gasteiger charge is 2.27. The molecular weight excluding hydrogens is 320 g/mol. The Morgan fingerprint density at radius 1 is 1.24 bits per heavy atom. The summed E-state index contributed by atoms with van der Waals surface area (Å²) < 4.78 is 5.43. The van der Waals surface area contributed by atoms with E-state index in [9.17, 15) is 14.9 Å². The Hall–Kier alpha value is -2.89. The Kier molecular flexibility index (Phi) is 4.97. The van der Waals surface area contributed by atoms with Crippen molar-refractivity contribution in [3.05, 3.63) is 69.8 Å². The van der Waals surface area contributed by atoms with E-state index in [0.717, 1.165) is 19.3 Å². The monoisotopic (exact) mass is 340 g/mol. The molecular formula is C19H20N2O4. The van der Waals surface area contributed by atoms with E-state index in [1.807, 2.05) is 12.1 Å². The molecule has 130 valence electrons. The molecule has 0 heterocycles. The van der Waals surface area contributed by atoms with Gasteiger partial charge in [-0.05, 0) is 36.5 Å². The van der Waals surface area contributed by atoms with Gasteiger partial charge >= 0.3 is 5.69 Å². The van der Waals surface area contributed by atoms with Crippen molar-refractivity contribution >= 4 is 11.6 Å². The maximum Gasteiger partial charge on any atom is 0.310 e. The van der Waals surface area contributed by atoms with Crippen molar-refractivity contribution in [2.45, 2.75) is 25.3 Å². The van der Waals surface area contributed by atoms with Crippen LogP contribution in [0.1, 0.15) is 30.0 Å². The molecule has 6 nitrogen and oxygen atoms in total. The van der Waals surface area contributed by atoms with Gasteiger partial charge in [-0.15, -0.1) is 0 Å². The van der Waals surface area contributed by atoms with Crippen LogP contribution < -0.4 is 4.74 Å². The molecule has 0 aliphatic heterocycles. The van der Waals surface area contributed by atoms with Gasteiger partial charge in [-0.2, -0.15) is 0 Å². The summed E-state index contributed by atoms with van der Waals surface area (Å²) in [7, 11) is 1.76. The summed E-state index contributed by atoms with van der Waals surface area (Å²) in [5.74, 6) is -0.0850. The number of rotatable bonds is 5. The minimum Gasteiger partial charge on any atom is -0.477 e. The fraction of sp³-hybridized carbons (Fsp3) is 0.316. The van der Waals surface area contributed by atoms with Gasteiger partial charge in [-0.25, -0.2) is 0 Å². The molecule has 0 saturated heterocycles. The summed E-state index contributed by atoms with van der Waals surface area (Å²) in [5.41, 5.74) is 2.31. The molecule has 0 N–H and O–H groups in total. The van der Waals surface area contributed by atoms with E-state index in [1.165, 1.54) is 23.3 Å². The zero-order valence-electron chi connectivity index (χ0n) is 14.1. The number of nitrogens with zero attached hydrogens (tertiary/aromatic N) is 2. The van der Waals surface area contributed by atoms with E-state index in [2.05, 4.69) is 12.1 Å². The number of carbonyl (C=O) groups is 1. The predicted octanol–water partition coefficient (Wildman–Crippen LogP) is 3.51. The SMILES string of the molecule is CN(C(=O)COc1ccccc1[N+](=O)[O-])C1CCCc2ccccc21. The third-order valence-corrected chi connectivity index (χ3v) is 4.61. The summed E-state index contributed by atoms with van der Waals surface area (Å²) in [4.78, 5) is 24.7. The highest BCUT2D eigenvalue weighted by atomic mass is 16.6. The van der Waals surface area contributed by atoms with Crippen LogP contribution in [-0.2, 0) is 11.2 Å². The molecule has 0 radical (unpaired) electrons. The second kappa shape index (κ2) is 7.34. The molecule has 0 saturated carbocycles. The van der Waals surface area contributed by atoms with Crippen molar-refractivity contribution in [2.24, 2.45) is 0 Å². The normalized spacial score (nSPS) is 16.0. The third kappa shape index (κ3) is 3.63. The fourth-order valence-electron chi connectivity index (χ4n) is 3.28. The molecule has 0 bridgehead atoms. The third-order valence-electron chi connectivity index (χ3n) is 4.61. The first-order chi connectivity index (χ1) is 12.1. The van der Waals surface area contributed by atoms with Crippen LogP contribution in [0.15, 0.2) is 48.5 Å². The predicted molar refractivity (Wildman–Crippen MR) is 93.5 cm³/mol. The summed E-state index contributed by atoms with van der Waals surface area (Å²) in [6.07, 6.45) is 2.97. The lowest BCUT2D eigenvalue weighted by Gasteiger charge is -2.33. The molecule has 1 atom stereocenters. The van der Waals surface area contributed by atoms with E-state index >= 15 is 0 Å². The minimum atomic E-state index is -0.513. The Labute approximate surface area is 146 Å². The maximum atomic E-state index is 12.5. The van der Waals surface area contributed by atoms with Crippen LogP contribution in [0.5, 0.6) is 5.75 Å². The average Bonchev–Trinajstić information content (AvgIpc) is 2.65. The van der Waals surface area contributed by atoms with Crippen LogP contribution in [-0.4, -0.2) is 29.4 Å². The van der Waals surface area contributed by atoms with Gasteiger partial charge < -0.3 is 9.64 Å². The highest BCUT2D eigenvalue weighted by molar-refractivity contribution is 5.78. The number of para-hydroxylation sites is 2. The molecule has 2 aromatic rings. The van der Waals surface area contributed by atoms with E-state index in [1.54, 1.807) is 24.1 Å². The summed E-state index contributed by atoms with van der Waals surface area (Å²) in [6.45, 7) is -0.222. The van der Waals surface area contributed by atoms with Crippen molar-refractivity contribution in [1.29, 1.82) is 0 Å². The molecule has 6 heteroatoms. The molecule has 0 aromatic heterocycles. The van der Waals surface area contributed by atoms with Crippen molar-refractivity contribution in [2.75, 3.05) is 13.7 Å². The van der Waals surface area contributed by atoms with Gasteiger partial charge in [0.15, 0.2) is 12.4 Å². The minimum absolute atomic E-state index is 0.0202. The first kappa shape index (κ1) is 17.0. The van der Waals surface area contributed by atoms with E-state index in [4.69, 9.17) is 4.74 Å². The number of carbonyl (C=O) groups excluding carboxylic acids is 1. The highest BCUT2D eigenvalue weighted by Crippen LogP contribution is 2.33.